The number of halogens is 3. The van der Waals surface area contributed by atoms with Gasteiger partial charge >= 0.3 is 0 Å². The molecule has 2 amide bonds. The lowest BCUT2D eigenvalue weighted by molar-refractivity contribution is -0.134. The summed E-state index contributed by atoms with van der Waals surface area (Å²) in [6.07, 6.45) is 7.08. The van der Waals surface area contributed by atoms with E-state index in [2.05, 4.69) is 10.3 Å². The normalized spacial score (nSPS) is 21.7. The van der Waals surface area contributed by atoms with Crippen molar-refractivity contribution < 1.29 is 18.4 Å². The molecule has 170 valence electrons. The van der Waals surface area contributed by atoms with Gasteiger partial charge < -0.3 is 10.2 Å². The number of rotatable bonds is 6. The number of nitriles is 1. The van der Waals surface area contributed by atoms with Crippen LogP contribution < -0.4 is 5.32 Å². The van der Waals surface area contributed by atoms with Gasteiger partial charge in [0.1, 0.15) is 5.54 Å². The minimum atomic E-state index is -3.12. The lowest BCUT2D eigenvalue weighted by Crippen LogP contribution is -2.51. The Balaban J connectivity index is 1.45. The number of nitrogens with zero attached hydrogens (tertiary/aromatic N) is 3. The molecule has 2 fully saturated rings. The smallest absolute Gasteiger partial charge is 0.268 e. The number of nitrogens with one attached hydrogen (secondary N) is 1. The molecule has 1 aliphatic carbocycles. The topological polar surface area (TPSA) is 86.1 Å². The fourth-order valence-corrected chi connectivity index (χ4v) is 4.32. The van der Waals surface area contributed by atoms with Gasteiger partial charge in [-0.15, -0.1) is 0 Å². The molecule has 1 N–H and O–H groups in total. The van der Waals surface area contributed by atoms with Gasteiger partial charge in [-0.1, -0.05) is 35.9 Å². The van der Waals surface area contributed by atoms with E-state index in [0.29, 0.717) is 23.4 Å². The first kappa shape index (κ1) is 22.9. The summed E-state index contributed by atoms with van der Waals surface area (Å²) >= 11 is 5.89. The Labute approximate surface area is 194 Å². The molecule has 2 aliphatic rings. The molecule has 1 aromatic heterocycles. The highest BCUT2D eigenvalue weighted by molar-refractivity contribution is 6.30. The maximum Gasteiger partial charge on any atom is 0.268 e. The van der Waals surface area contributed by atoms with Crippen LogP contribution in [0.3, 0.4) is 0 Å². The molecular formula is C24H21ClF2N4O2. The first-order chi connectivity index (χ1) is 15.7. The predicted octanol–water partition coefficient (Wildman–Crippen LogP) is 4.18. The molecule has 4 rings (SSSR count). The molecule has 33 heavy (non-hydrogen) atoms. The average molecular weight is 471 g/mol. The Morgan fingerprint density at radius 1 is 1.24 bits per heavy atom. The van der Waals surface area contributed by atoms with Gasteiger partial charge in [-0.05, 0) is 42.5 Å². The first-order valence-corrected chi connectivity index (χ1v) is 10.9. The van der Waals surface area contributed by atoms with Crippen LogP contribution in [0.2, 0.25) is 5.02 Å². The van der Waals surface area contributed by atoms with Crippen molar-refractivity contribution >= 4 is 35.6 Å². The maximum absolute atomic E-state index is 14.1. The molecule has 0 bridgehead atoms. The standard InChI is InChI=1S/C24H21ClF2N4O2/c25-19-7-2-16(3-8-19)1-4-17-11-29-10-9-20(17)22(33)30-12-21(32)31-15-24(26,27)13-23(31,14-28)18-5-6-18/h1-4,7-11,18H,5-6,12-13,15H2,(H,30,33)/b4-1+. The van der Waals surface area contributed by atoms with E-state index in [-0.39, 0.29) is 11.5 Å². The summed E-state index contributed by atoms with van der Waals surface area (Å²) in [6.45, 7) is -1.29. The van der Waals surface area contributed by atoms with Crippen molar-refractivity contribution in [3.8, 4) is 6.07 Å². The number of carbonyl (C=O) groups is 2. The molecule has 0 spiro atoms. The van der Waals surface area contributed by atoms with Crippen LogP contribution in [0, 0.1) is 17.2 Å². The summed E-state index contributed by atoms with van der Waals surface area (Å²) in [7, 11) is 0. The molecular weight excluding hydrogens is 450 g/mol. The third-order valence-electron chi connectivity index (χ3n) is 5.97. The second-order valence-corrected chi connectivity index (χ2v) is 8.79. The highest BCUT2D eigenvalue weighted by Gasteiger charge is 2.62. The summed E-state index contributed by atoms with van der Waals surface area (Å²) in [5.41, 5.74) is 0.166. The average Bonchev–Trinajstić information content (AvgIpc) is 3.61. The number of benzene rings is 1. The molecule has 6 nitrogen and oxygen atoms in total. The Kier molecular flexibility index (Phi) is 6.17. The van der Waals surface area contributed by atoms with Crippen LogP contribution in [0.1, 0.15) is 40.7 Å². The summed E-state index contributed by atoms with van der Waals surface area (Å²) in [6, 6.07) is 10.6. The number of likely N-dealkylation sites (tertiary alicyclic amines) is 1. The SMILES string of the molecule is N#CC1(C2CC2)CC(F)(F)CN1C(=O)CNC(=O)c1ccncc1/C=C/c1ccc(Cl)cc1. The second kappa shape index (κ2) is 8.91. The van der Waals surface area contributed by atoms with Gasteiger partial charge in [-0.3, -0.25) is 14.6 Å². The fourth-order valence-electron chi connectivity index (χ4n) is 4.20. The molecule has 1 aromatic carbocycles. The van der Waals surface area contributed by atoms with E-state index in [9.17, 15) is 23.6 Å². The molecule has 0 radical (unpaired) electrons. The molecule has 1 unspecified atom stereocenters. The van der Waals surface area contributed by atoms with E-state index in [1.165, 1.54) is 18.5 Å². The molecule has 1 saturated heterocycles. The number of carbonyl (C=O) groups excluding carboxylic acids is 2. The van der Waals surface area contributed by atoms with E-state index in [4.69, 9.17) is 11.6 Å². The van der Waals surface area contributed by atoms with E-state index in [0.717, 1.165) is 10.5 Å². The molecule has 9 heteroatoms. The third-order valence-corrected chi connectivity index (χ3v) is 6.22. The van der Waals surface area contributed by atoms with Crippen molar-refractivity contribution in [2.75, 3.05) is 13.1 Å². The van der Waals surface area contributed by atoms with Gasteiger partial charge in [0, 0.05) is 28.5 Å². The number of alkyl halides is 2. The molecule has 1 aliphatic heterocycles. The van der Waals surface area contributed by atoms with Crippen molar-refractivity contribution in [1.82, 2.24) is 15.2 Å². The number of pyridine rings is 1. The van der Waals surface area contributed by atoms with Gasteiger partial charge in [-0.25, -0.2) is 8.78 Å². The minimum absolute atomic E-state index is 0.250. The molecule has 1 atom stereocenters. The number of aromatic nitrogens is 1. The van der Waals surface area contributed by atoms with Crippen LogP contribution in [-0.4, -0.2) is 46.2 Å². The van der Waals surface area contributed by atoms with Crippen LogP contribution >= 0.6 is 11.6 Å². The maximum atomic E-state index is 14.1. The van der Waals surface area contributed by atoms with Gasteiger partial charge in [0.25, 0.3) is 11.8 Å². The van der Waals surface area contributed by atoms with Crippen molar-refractivity contribution in [3.05, 3.63) is 64.4 Å². The van der Waals surface area contributed by atoms with E-state index in [1.807, 2.05) is 18.2 Å². The summed E-state index contributed by atoms with van der Waals surface area (Å²) in [5, 5.41) is 12.8. The zero-order valence-corrected chi connectivity index (χ0v) is 18.4. The summed E-state index contributed by atoms with van der Waals surface area (Å²) < 4.78 is 28.3. The van der Waals surface area contributed by atoms with Crippen molar-refractivity contribution in [2.45, 2.75) is 30.7 Å². The van der Waals surface area contributed by atoms with Crippen molar-refractivity contribution in [2.24, 2.45) is 5.92 Å². The lowest BCUT2D eigenvalue weighted by Gasteiger charge is -2.31. The highest BCUT2D eigenvalue weighted by atomic mass is 35.5. The van der Waals surface area contributed by atoms with Crippen LogP contribution in [0.15, 0.2) is 42.7 Å². The summed E-state index contributed by atoms with van der Waals surface area (Å²) in [4.78, 5) is 30.6. The largest absolute Gasteiger partial charge is 0.343 e. The van der Waals surface area contributed by atoms with Crippen LogP contribution in [-0.2, 0) is 4.79 Å². The Bertz CT molecular complexity index is 1140. The van der Waals surface area contributed by atoms with Crippen LogP contribution in [0.25, 0.3) is 12.2 Å². The first-order valence-electron chi connectivity index (χ1n) is 10.5. The number of hydrogen-bond acceptors (Lipinski definition) is 4. The van der Waals surface area contributed by atoms with Crippen LogP contribution in [0.5, 0.6) is 0 Å². The Morgan fingerprint density at radius 2 is 1.97 bits per heavy atom. The number of amides is 2. The van der Waals surface area contributed by atoms with Gasteiger partial charge in [0.15, 0.2) is 0 Å². The Morgan fingerprint density at radius 3 is 2.64 bits per heavy atom. The third kappa shape index (κ3) is 4.88. The molecule has 2 heterocycles. The minimum Gasteiger partial charge on any atom is -0.343 e. The van der Waals surface area contributed by atoms with Gasteiger partial charge in [0.2, 0.25) is 5.91 Å². The van der Waals surface area contributed by atoms with Gasteiger partial charge in [0.05, 0.1) is 25.6 Å². The monoisotopic (exact) mass is 470 g/mol. The number of hydrogen-bond donors (Lipinski definition) is 1. The Hall–Kier alpha value is -3.31. The van der Waals surface area contributed by atoms with Gasteiger partial charge in [-0.2, -0.15) is 5.26 Å². The van der Waals surface area contributed by atoms with E-state index >= 15 is 0 Å². The lowest BCUT2D eigenvalue weighted by atomic mass is 9.91. The highest BCUT2D eigenvalue weighted by Crippen LogP contribution is 2.52. The zero-order valence-electron chi connectivity index (χ0n) is 17.6. The van der Waals surface area contributed by atoms with Crippen LogP contribution in [0.4, 0.5) is 8.78 Å². The van der Waals surface area contributed by atoms with Crippen molar-refractivity contribution in [1.29, 1.82) is 5.26 Å². The molecule has 1 saturated carbocycles. The zero-order chi connectivity index (χ0) is 23.6. The predicted molar refractivity (Wildman–Crippen MR) is 119 cm³/mol. The van der Waals surface area contributed by atoms with E-state index in [1.54, 1.807) is 24.3 Å². The fraction of sp³-hybridized carbons (Fsp3) is 0.333. The quantitative estimate of drug-likeness (QED) is 0.686. The van der Waals surface area contributed by atoms with Crippen molar-refractivity contribution in [3.63, 3.8) is 0 Å². The summed E-state index contributed by atoms with van der Waals surface area (Å²) in [5.74, 6) is -4.61. The second-order valence-electron chi connectivity index (χ2n) is 8.35. The van der Waals surface area contributed by atoms with E-state index < -0.39 is 42.8 Å². The molecule has 2 aromatic rings.